The van der Waals surface area contributed by atoms with E-state index < -0.39 is 0 Å². The smallest absolute Gasteiger partial charge is 0.341 e. The molecule has 0 amide bonds. The number of hydrogen-bond donors (Lipinski definition) is 2. The van der Waals surface area contributed by atoms with Gasteiger partial charge in [0.2, 0.25) is 0 Å². The molecule has 2 N–H and O–H groups in total. The van der Waals surface area contributed by atoms with E-state index in [9.17, 15) is 4.79 Å². The molecule has 0 unspecified atom stereocenters. The minimum atomic E-state index is -0.262. The Morgan fingerprint density at radius 2 is 1.90 bits per heavy atom. The van der Waals surface area contributed by atoms with Crippen LogP contribution in [0.15, 0.2) is 0 Å². The van der Waals surface area contributed by atoms with Gasteiger partial charge < -0.3 is 15.4 Å². The number of anilines is 2. The van der Waals surface area contributed by atoms with Gasteiger partial charge in [-0.25, -0.2) is 4.79 Å². The van der Waals surface area contributed by atoms with Crippen LogP contribution in [-0.4, -0.2) is 27.5 Å². The van der Waals surface area contributed by atoms with E-state index in [0.29, 0.717) is 17.3 Å². The molecule has 0 aromatic carbocycles. The maximum absolute atomic E-state index is 12.8. The fraction of sp³-hybridized carbons (Fsp3) is 0.571. The highest BCUT2D eigenvalue weighted by Crippen LogP contribution is 2.37. The summed E-state index contributed by atoms with van der Waals surface area (Å²) in [5.41, 5.74) is 4.66. The number of thiocarbonyl (C=S) groups is 1. The van der Waals surface area contributed by atoms with Crippen LogP contribution in [0.2, 0.25) is 0 Å². The summed E-state index contributed by atoms with van der Waals surface area (Å²) in [5, 5.41) is 12.3. The molecule has 158 valence electrons. The summed E-state index contributed by atoms with van der Waals surface area (Å²) < 4.78 is 7.32. The van der Waals surface area contributed by atoms with Gasteiger partial charge in [0.15, 0.2) is 5.11 Å². The largest absolute Gasteiger partial charge is 0.462 e. The van der Waals surface area contributed by atoms with E-state index in [4.69, 9.17) is 17.0 Å². The first-order valence-corrected chi connectivity index (χ1v) is 11.6. The van der Waals surface area contributed by atoms with Crippen LogP contribution in [-0.2, 0) is 24.1 Å². The predicted octanol–water partition coefficient (Wildman–Crippen LogP) is 5.23. The zero-order chi connectivity index (χ0) is 21.0. The van der Waals surface area contributed by atoms with E-state index in [1.165, 1.54) is 17.7 Å². The van der Waals surface area contributed by atoms with Crippen LogP contribution in [0.25, 0.3) is 0 Å². The normalized spacial score (nSPS) is 13.9. The van der Waals surface area contributed by atoms with Crippen molar-refractivity contribution in [2.24, 2.45) is 0 Å². The van der Waals surface area contributed by atoms with E-state index in [1.54, 1.807) is 11.3 Å². The molecule has 0 saturated heterocycles. The van der Waals surface area contributed by atoms with Crippen molar-refractivity contribution < 1.29 is 9.53 Å². The Bertz CT molecular complexity index is 901. The molecule has 2 heterocycles. The fourth-order valence-electron chi connectivity index (χ4n) is 3.86. The molecule has 1 aliphatic rings. The van der Waals surface area contributed by atoms with Crippen molar-refractivity contribution in [2.75, 3.05) is 17.2 Å². The third-order valence-corrected chi connectivity index (χ3v) is 6.71. The topological polar surface area (TPSA) is 68.2 Å². The molecule has 8 heteroatoms. The van der Waals surface area contributed by atoms with Crippen LogP contribution < -0.4 is 10.6 Å². The van der Waals surface area contributed by atoms with Crippen molar-refractivity contribution in [3.05, 3.63) is 27.4 Å². The van der Waals surface area contributed by atoms with Gasteiger partial charge in [0.05, 0.1) is 29.2 Å². The summed E-state index contributed by atoms with van der Waals surface area (Å²) in [6.07, 6.45) is 6.65. The van der Waals surface area contributed by atoms with Gasteiger partial charge in [-0.2, -0.15) is 5.10 Å². The molecule has 0 radical (unpaired) electrons. The summed E-state index contributed by atoms with van der Waals surface area (Å²) in [6.45, 7) is 9.05. The summed E-state index contributed by atoms with van der Waals surface area (Å²) in [7, 11) is 0. The van der Waals surface area contributed by atoms with Crippen LogP contribution >= 0.6 is 23.6 Å². The zero-order valence-corrected chi connectivity index (χ0v) is 19.3. The average molecular weight is 435 g/mol. The van der Waals surface area contributed by atoms with Gasteiger partial charge >= 0.3 is 5.97 Å². The van der Waals surface area contributed by atoms with E-state index in [2.05, 4.69) is 22.7 Å². The summed E-state index contributed by atoms with van der Waals surface area (Å²) in [4.78, 5) is 14.0. The van der Waals surface area contributed by atoms with Gasteiger partial charge in [-0.15, -0.1) is 11.3 Å². The van der Waals surface area contributed by atoms with Crippen molar-refractivity contribution >= 4 is 45.3 Å². The highest BCUT2D eigenvalue weighted by molar-refractivity contribution is 7.80. The molecule has 3 rings (SSSR count). The second kappa shape index (κ2) is 9.71. The quantitative estimate of drug-likeness (QED) is 0.496. The first kappa shape index (κ1) is 21.8. The highest BCUT2D eigenvalue weighted by atomic mass is 32.1. The van der Waals surface area contributed by atoms with Gasteiger partial charge in [-0.3, -0.25) is 4.68 Å². The molecule has 0 aliphatic heterocycles. The Morgan fingerprint density at radius 1 is 1.17 bits per heavy atom. The first-order valence-electron chi connectivity index (χ1n) is 10.4. The number of aromatic nitrogens is 2. The predicted molar refractivity (Wildman–Crippen MR) is 123 cm³/mol. The minimum Gasteiger partial charge on any atom is -0.462 e. The molecule has 0 bridgehead atoms. The van der Waals surface area contributed by atoms with Gasteiger partial charge in [0.25, 0.3) is 0 Å². The van der Waals surface area contributed by atoms with Crippen LogP contribution in [0.1, 0.15) is 71.7 Å². The maximum atomic E-state index is 12.8. The Morgan fingerprint density at radius 3 is 2.55 bits per heavy atom. The van der Waals surface area contributed by atoms with Gasteiger partial charge in [-0.05, 0) is 71.2 Å². The Balaban J connectivity index is 1.87. The Labute approximate surface area is 182 Å². The second-order valence-corrected chi connectivity index (χ2v) is 8.80. The molecule has 0 atom stereocenters. The molecule has 2 aromatic rings. The lowest BCUT2D eigenvalue weighted by Gasteiger charge is -2.13. The molecule has 29 heavy (non-hydrogen) atoms. The molecular weight excluding hydrogens is 404 g/mol. The maximum Gasteiger partial charge on any atom is 0.341 e. The van der Waals surface area contributed by atoms with E-state index >= 15 is 0 Å². The summed E-state index contributed by atoms with van der Waals surface area (Å²) in [5.74, 6) is -0.262. The average Bonchev–Trinajstić information content (AvgIpc) is 3.12. The zero-order valence-electron chi connectivity index (χ0n) is 17.7. The number of aryl methyl sites for hydroxylation is 3. The molecule has 0 spiro atoms. The van der Waals surface area contributed by atoms with Crippen LogP contribution in [0.5, 0.6) is 0 Å². The number of nitrogens with zero attached hydrogens (tertiary/aromatic N) is 2. The lowest BCUT2D eigenvalue weighted by Crippen LogP contribution is -2.21. The fourth-order valence-corrected chi connectivity index (χ4v) is 5.41. The van der Waals surface area contributed by atoms with Crippen molar-refractivity contribution in [3.8, 4) is 0 Å². The third kappa shape index (κ3) is 4.80. The Hall–Kier alpha value is -1.93. The highest BCUT2D eigenvalue weighted by Gasteiger charge is 2.26. The van der Waals surface area contributed by atoms with Crippen molar-refractivity contribution in [3.63, 3.8) is 0 Å². The third-order valence-electron chi connectivity index (χ3n) is 5.30. The van der Waals surface area contributed by atoms with E-state index in [0.717, 1.165) is 59.9 Å². The number of carbonyl (C=O) groups is 1. The molecule has 0 saturated carbocycles. The van der Waals surface area contributed by atoms with Gasteiger partial charge in [-0.1, -0.05) is 12.8 Å². The first-order chi connectivity index (χ1) is 14.0. The molecular formula is C21H30N4O2S2. The molecule has 6 nitrogen and oxygen atoms in total. The van der Waals surface area contributed by atoms with E-state index in [-0.39, 0.29) is 5.97 Å². The monoisotopic (exact) mass is 434 g/mol. The lowest BCUT2D eigenvalue weighted by molar-refractivity contribution is 0.0526. The number of ether oxygens (including phenoxy) is 1. The number of fused-ring (bicyclic) bond motifs is 1. The van der Waals surface area contributed by atoms with Crippen molar-refractivity contribution in [2.45, 2.75) is 72.8 Å². The van der Waals surface area contributed by atoms with Crippen LogP contribution in [0.4, 0.5) is 10.7 Å². The summed E-state index contributed by atoms with van der Waals surface area (Å²) in [6, 6.07) is 0. The SMILES string of the molecule is CCOC(=O)c1c(NC(=S)Nc2c(C)nn(CC)c2C)sc2c1CCCCCC2. The van der Waals surface area contributed by atoms with Crippen LogP contribution in [0.3, 0.4) is 0 Å². The number of thiophene rings is 1. The summed E-state index contributed by atoms with van der Waals surface area (Å²) >= 11 is 7.22. The number of hydrogen-bond acceptors (Lipinski definition) is 5. The van der Waals surface area contributed by atoms with E-state index in [1.807, 2.05) is 25.5 Å². The minimum absolute atomic E-state index is 0.262. The van der Waals surface area contributed by atoms with Gasteiger partial charge in [0.1, 0.15) is 5.00 Å². The number of carbonyl (C=O) groups excluding carboxylic acids is 1. The number of esters is 1. The van der Waals surface area contributed by atoms with Crippen LogP contribution in [0, 0.1) is 13.8 Å². The van der Waals surface area contributed by atoms with Crippen molar-refractivity contribution in [1.82, 2.24) is 9.78 Å². The lowest BCUT2D eigenvalue weighted by atomic mass is 9.96. The van der Waals surface area contributed by atoms with Gasteiger partial charge in [0, 0.05) is 11.4 Å². The molecule has 0 fully saturated rings. The van der Waals surface area contributed by atoms with Crippen molar-refractivity contribution in [1.29, 1.82) is 0 Å². The second-order valence-electron chi connectivity index (χ2n) is 7.28. The number of nitrogens with one attached hydrogen (secondary N) is 2. The molecule has 1 aliphatic carbocycles. The standard InChI is InChI=1S/C21H30N4O2S2/c1-5-25-14(4)18(13(3)24-25)22-21(28)23-19-17(20(26)27-6-2)15-11-9-7-8-10-12-16(15)29-19/h5-12H2,1-4H3,(H2,22,23,28). The Kier molecular flexibility index (Phi) is 7.29. The molecule has 2 aromatic heterocycles. The number of rotatable bonds is 5.